The standard InChI is InChI=1S/C34H38N2O4/c1-38-30-18-17-29(33(23-30)39-2)24-36(19-10-20-40-31-16-9-11-26(21-31)22-34(35)37)25-32(27-12-5-3-6-13-27)28-14-7-4-8-15-28/h3-9,11-18,21,23,32H,10,19-20,22,24-25H2,1-2H3,(H2,35,37). The van der Waals surface area contributed by atoms with E-state index in [1.54, 1.807) is 14.2 Å². The lowest BCUT2D eigenvalue weighted by molar-refractivity contribution is -0.117. The molecular weight excluding hydrogens is 500 g/mol. The lowest BCUT2D eigenvalue weighted by atomic mass is 9.90. The Morgan fingerprint density at radius 3 is 2.12 bits per heavy atom. The Labute approximate surface area is 237 Å². The van der Waals surface area contributed by atoms with Crippen LogP contribution in [0.1, 0.15) is 34.6 Å². The fourth-order valence-corrected chi connectivity index (χ4v) is 4.92. The molecule has 0 saturated carbocycles. The molecule has 6 nitrogen and oxygen atoms in total. The van der Waals surface area contributed by atoms with Gasteiger partial charge >= 0.3 is 0 Å². The summed E-state index contributed by atoms with van der Waals surface area (Å²) in [6.07, 6.45) is 1.03. The third kappa shape index (κ3) is 8.35. The van der Waals surface area contributed by atoms with Crippen molar-refractivity contribution in [1.29, 1.82) is 0 Å². The number of amides is 1. The smallest absolute Gasteiger partial charge is 0.221 e. The summed E-state index contributed by atoms with van der Waals surface area (Å²) in [5.74, 6) is 2.17. The van der Waals surface area contributed by atoms with E-state index in [1.165, 1.54) is 11.1 Å². The number of carbonyl (C=O) groups excluding carboxylic acids is 1. The average Bonchev–Trinajstić information content (AvgIpc) is 2.98. The Hall–Kier alpha value is -4.29. The Balaban J connectivity index is 1.52. The second kappa shape index (κ2) is 14.8. The second-order valence-electron chi connectivity index (χ2n) is 9.78. The molecule has 208 valence electrons. The minimum atomic E-state index is -0.354. The Kier molecular flexibility index (Phi) is 10.6. The first kappa shape index (κ1) is 28.7. The summed E-state index contributed by atoms with van der Waals surface area (Å²) in [6.45, 7) is 2.93. The monoisotopic (exact) mass is 538 g/mol. The molecular formula is C34H38N2O4. The molecule has 0 aromatic heterocycles. The van der Waals surface area contributed by atoms with Crippen LogP contribution in [0.4, 0.5) is 0 Å². The Morgan fingerprint density at radius 2 is 1.50 bits per heavy atom. The van der Waals surface area contributed by atoms with Crippen LogP contribution in [-0.4, -0.2) is 44.7 Å². The molecule has 0 atom stereocenters. The first-order valence-electron chi connectivity index (χ1n) is 13.6. The summed E-state index contributed by atoms with van der Waals surface area (Å²) < 4.78 is 17.2. The SMILES string of the molecule is COc1ccc(CN(CCCOc2cccc(CC(N)=O)c2)CC(c2ccccc2)c2ccccc2)c(OC)c1. The van der Waals surface area contributed by atoms with Crippen LogP contribution in [0.2, 0.25) is 0 Å². The molecule has 6 heteroatoms. The van der Waals surface area contributed by atoms with Crippen molar-refractivity contribution in [3.63, 3.8) is 0 Å². The Bertz CT molecular complexity index is 1310. The van der Waals surface area contributed by atoms with Crippen molar-refractivity contribution in [3.8, 4) is 17.2 Å². The zero-order valence-electron chi connectivity index (χ0n) is 23.3. The van der Waals surface area contributed by atoms with E-state index in [9.17, 15) is 4.79 Å². The van der Waals surface area contributed by atoms with E-state index < -0.39 is 0 Å². The molecule has 4 aromatic carbocycles. The summed E-state index contributed by atoms with van der Waals surface area (Å²) in [7, 11) is 3.36. The third-order valence-electron chi connectivity index (χ3n) is 6.90. The van der Waals surface area contributed by atoms with Gasteiger partial charge in [-0.2, -0.15) is 0 Å². The maximum Gasteiger partial charge on any atom is 0.221 e. The van der Waals surface area contributed by atoms with Gasteiger partial charge in [-0.1, -0.05) is 78.9 Å². The van der Waals surface area contributed by atoms with Gasteiger partial charge in [-0.15, -0.1) is 0 Å². The fraction of sp³-hybridized carbons (Fsp3) is 0.265. The van der Waals surface area contributed by atoms with E-state index in [2.05, 4.69) is 71.6 Å². The number of nitrogens with zero attached hydrogens (tertiary/aromatic N) is 1. The molecule has 0 heterocycles. The summed E-state index contributed by atoms with van der Waals surface area (Å²) >= 11 is 0. The number of ether oxygens (including phenoxy) is 3. The lowest BCUT2D eigenvalue weighted by Crippen LogP contribution is -2.31. The van der Waals surface area contributed by atoms with Crippen LogP contribution in [0.25, 0.3) is 0 Å². The van der Waals surface area contributed by atoms with Crippen molar-refractivity contribution in [2.75, 3.05) is 33.9 Å². The van der Waals surface area contributed by atoms with Gasteiger partial charge in [0.1, 0.15) is 17.2 Å². The first-order chi connectivity index (χ1) is 19.6. The molecule has 4 rings (SSSR count). The van der Waals surface area contributed by atoms with Gasteiger partial charge < -0.3 is 19.9 Å². The molecule has 0 fully saturated rings. The topological polar surface area (TPSA) is 74.0 Å². The average molecular weight is 539 g/mol. The highest BCUT2D eigenvalue weighted by molar-refractivity contribution is 5.76. The van der Waals surface area contributed by atoms with Crippen LogP contribution in [-0.2, 0) is 17.8 Å². The van der Waals surface area contributed by atoms with Crippen molar-refractivity contribution >= 4 is 5.91 Å². The molecule has 0 unspecified atom stereocenters. The van der Waals surface area contributed by atoms with Gasteiger partial charge in [-0.3, -0.25) is 9.69 Å². The quantitative estimate of drug-likeness (QED) is 0.193. The highest BCUT2D eigenvalue weighted by Gasteiger charge is 2.20. The van der Waals surface area contributed by atoms with Crippen LogP contribution in [0.5, 0.6) is 17.2 Å². The van der Waals surface area contributed by atoms with Crippen LogP contribution in [0.15, 0.2) is 103 Å². The van der Waals surface area contributed by atoms with E-state index in [-0.39, 0.29) is 18.2 Å². The number of methoxy groups -OCH3 is 2. The molecule has 40 heavy (non-hydrogen) atoms. The van der Waals surface area contributed by atoms with Gasteiger partial charge in [-0.05, 0) is 41.3 Å². The number of hydrogen-bond acceptors (Lipinski definition) is 5. The zero-order chi connectivity index (χ0) is 28.2. The Morgan fingerprint density at radius 1 is 0.800 bits per heavy atom. The number of rotatable bonds is 15. The van der Waals surface area contributed by atoms with Gasteiger partial charge in [0.25, 0.3) is 0 Å². The highest BCUT2D eigenvalue weighted by Crippen LogP contribution is 2.29. The van der Waals surface area contributed by atoms with Gasteiger partial charge in [-0.25, -0.2) is 0 Å². The summed E-state index contributed by atoms with van der Waals surface area (Å²) in [5, 5.41) is 0. The maximum atomic E-state index is 11.3. The van der Waals surface area contributed by atoms with Crippen LogP contribution in [0, 0.1) is 0 Å². The van der Waals surface area contributed by atoms with E-state index in [0.29, 0.717) is 6.61 Å². The van der Waals surface area contributed by atoms with Crippen LogP contribution >= 0.6 is 0 Å². The number of benzene rings is 4. The second-order valence-corrected chi connectivity index (χ2v) is 9.78. The third-order valence-corrected chi connectivity index (χ3v) is 6.90. The molecule has 0 aliphatic heterocycles. The molecule has 0 aliphatic carbocycles. The van der Waals surface area contributed by atoms with Gasteiger partial charge in [0.15, 0.2) is 0 Å². The van der Waals surface area contributed by atoms with Crippen molar-refractivity contribution < 1.29 is 19.0 Å². The molecule has 1 amide bonds. The van der Waals surface area contributed by atoms with E-state index in [1.807, 2.05) is 36.4 Å². The molecule has 0 bridgehead atoms. The molecule has 0 aliphatic rings. The summed E-state index contributed by atoms with van der Waals surface area (Å²) in [6, 6.07) is 34.9. The molecule has 4 aromatic rings. The van der Waals surface area contributed by atoms with Gasteiger partial charge in [0.2, 0.25) is 5.91 Å². The van der Waals surface area contributed by atoms with E-state index in [0.717, 1.165) is 54.4 Å². The number of carbonyl (C=O) groups is 1. The number of hydrogen-bond donors (Lipinski definition) is 1. The first-order valence-corrected chi connectivity index (χ1v) is 13.6. The molecule has 0 spiro atoms. The van der Waals surface area contributed by atoms with Crippen LogP contribution < -0.4 is 19.9 Å². The minimum absolute atomic E-state index is 0.203. The predicted octanol–water partition coefficient (Wildman–Crippen LogP) is 5.83. The summed E-state index contributed by atoms with van der Waals surface area (Å²) in [5.41, 5.74) is 9.87. The van der Waals surface area contributed by atoms with Gasteiger partial charge in [0, 0.05) is 37.2 Å². The predicted molar refractivity (Wildman–Crippen MR) is 159 cm³/mol. The zero-order valence-corrected chi connectivity index (χ0v) is 23.3. The lowest BCUT2D eigenvalue weighted by Gasteiger charge is -2.29. The largest absolute Gasteiger partial charge is 0.497 e. The van der Waals surface area contributed by atoms with E-state index >= 15 is 0 Å². The van der Waals surface area contributed by atoms with Gasteiger partial charge in [0.05, 0.1) is 27.2 Å². The number of nitrogens with two attached hydrogens (primary N) is 1. The van der Waals surface area contributed by atoms with Crippen molar-refractivity contribution in [2.45, 2.75) is 25.3 Å². The van der Waals surface area contributed by atoms with Crippen LogP contribution in [0.3, 0.4) is 0 Å². The normalized spacial score (nSPS) is 11.0. The minimum Gasteiger partial charge on any atom is -0.497 e. The molecule has 2 N–H and O–H groups in total. The van der Waals surface area contributed by atoms with Crippen molar-refractivity contribution in [2.24, 2.45) is 5.73 Å². The molecule has 0 saturated heterocycles. The van der Waals surface area contributed by atoms with Crippen molar-refractivity contribution in [1.82, 2.24) is 4.90 Å². The summed E-state index contributed by atoms with van der Waals surface area (Å²) in [4.78, 5) is 13.8. The van der Waals surface area contributed by atoms with Crippen molar-refractivity contribution in [3.05, 3.63) is 125 Å². The fourth-order valence-electron chi connectivity index (χ4n) is 4.92. The number of primary amides is 1. The maximum absolute atomic E-state index is 11.3. The highest BCUT2D eigenvalue weighted by atomic mass is 16.5. The molecule has 0 radical (unpaired) electrons. The van der Waals surface area contributed by atoms with E-state index in [4.69, 9.17) is 19.9 Å².